The van der Waals surface area contributed by atoms with Crippen LogP contribution in [0, 0.1) is 11.8 Å². The number of rotatable bonds is 6. The van der Waals surface area contributed by atoms with Crippen molar-refractivity contribution in [3.63, 3.8) is 0 Å². The van der Waals surface area contributed by atoms with E-state index < -0.39 is 17.5 Å². The van der Waals surface area contributed by atoms with E-state index in [2.05, 4.69) is 33.1 Å². The number of ether oxygens (including phenoxy) is 1. The molecule has 0 radical (unpaired) electrons. The Bertz CT molecular complexity index is 953. The van der Waals surface area contributed by atoms with Gasteiger partial charge in [0.1, 0.15) is 11.8 Å². The Hall–Kier alpha value is -2.78. The van der Waals surface area contributed by atoms with Crippen molar-refractivity contribution in [3.05, 3.63) is 64.1 Å². The van der Waals surface area contributed by atoms with Crippen LogP contribution in [0.4, 0.5) is 0 Å². The molecule has 2 rings (SSSR count). The first-order valence-electron chi connectivity index (χ1n) is 9.59. The fourth-order valence-corrected chi connectivity index (χ4v) is 3.47. The molecule has 2 amide bonds. The van der Waals surface area contributed by atoms with Gasteiger partial charge < -0.3 is 15.0 Å². The Balaban J connectivity index is 2.55. The highest BCUT2D eigenvalue weighted by Crippen LogP contribution is 2.30. The predicted molar refractivity (Wildman–Crippen MR) is 122 cm³/mol. The molecule has 1 unspecified atom stereocenters. The number of nitrogens with zero attached hydrogens (tertiary/aromatic N) is 1. The van der Waals surface area contributed by atoms with Gasteiger partial charge in [0.15, 0.2) is 0 Å². The van der Waals surface area contributed by atoms with Crippen LogP contribution in [0.2, 0.25) is 0 Å². The Morgan fingerprint density at radius 1 is 1.13 bits per heavy atom. The molecule has 5 nitrogen and oxygen atoms in total. The Morgan fingerprint density at radius 3 is 2.30 bits per heavy atom. The van der Waals surface area contributed by atoms with Crippen LogP contribution < -0.4 is 10.1 Å². The summed E-state index contributed by atoms with van der Waals surface area (Å²) in [5.74, 6) is 5.28. The lowest BCUT2D eigenvalue weighted by Crippen LogP contribution is -2.49. The van der Waals surface area contributed by atoms with Gasteiger partial charge >= 0.3 is 0 Å². The first-order valence-corrected chi connectivity index (χ1v) is 10.4. The van der Waals surface area contributed by atoms with Crippen LogP contribution in [0.1, 0.15) is 44.9 Å². The summed E-state index contributed by atoms with van der Waals surface area (Å²) in [5, 5.41) is 3.00. The molecule has 0 aliphatic carbocycles. The first-order chi connectivity index (χ1) is 14.2. The van der Waals surface area contributed by atoms with E-state index in [1.54, 1.807) is 14.0 Å². The number of benzene rings is 2. The summed E-state index contributed by atoms with van der Waals surface area (Å²) in [6.45, 7) is 7.55. The largest absolute Gasteiger partial charge is 0.497 e. The standard InChI is InChI=1S/C24H27BrN2O3/c1-6-9-21(28)27(16-17-12-14-18(30-5)15-13-17)22(23(29)26-24(2,3)4)19-10-7-8-11-20(19)25/h7-8,10-15,22H,16H2,1-5H3,(H,26,29). The van der Waals surface area contributed by atoms with Gasteiger partial charge in [0.25, 0.3) is 5.91 Å². The molecule has 2 aromatic rings. The molecule has 0 saturated heterocycles. The summed E-state index contributed by atoms with van der Waals surface area (Å²) in [7, 11) is 1.60. The fourth-order valence-electron chi connectivity index (χ4n) is 2.97. The molecule has 30 heavy (non-hydrogen) atoms. The van der Waals surface area contributed by atoms with Crippen LogP contribution in [0.3, 0.4) is 0 Å². The predicted octanol–water partition coefficient (Wildman–Crippen LogP) is 4.47. The molecule has 0 aromatic heterocycles. The number of nitrogens with one attached hydrogen (secondary N) is 1. The number of methoxy groups -OCH3 is 1. The number of hydrogen-bond donors (Lipinski definition) is 1. The average molecular weight is 471 g/mol. The number of halogens is 1. The third-order valence-corrected chi connectivity index (χ3v) is 4.98. The molecule has 0 spiro atoms. The van der Waals surface area contributed by atoms with Crippen LogP contribution in [-0.4, -0.2) is 29.4 Å². The van der Waals surface area contributed by atoms with Crippen molar-refractivity contribution < 1.29 is 14.3 Å². The molecule has 158 valence electrons. The van der Waals surface area contributed by atoms with E-state index in [1.807, 2.05) is 69.3 Å². The van der Waals surface area contributed by atoms with Crippen LogP contribution >= 0.6 is 15.9 Å². The normalized spacial score (nSPS) is 11.7. The lowest BCUT2D eigenvalue weighted by Gasteiger charge is -2.33. The monoisotopic (exact) mass is 470 g/mol. The van der Waals surface area contributed by atoms with Gasteiger partial charge in [0.2, 0.25) is 5.91 Å². The van der Waals surface area contributed by atoms with Crippen LogP contribution in [0.15, 0.2) is 53.0 Å². The van der Waals surface area contributed by atoms with Crippen molar-refractivity contribution in [3.8, 4) is 17.6 Å². The average Bonchev–Trinajstić information content (AvgIpc) is 2.68. The van der Waals surface area contributed by atoms with E-state index in [0.29, 0.717) is 5.56 Å². The number of amides is 2. The summed E-state index contributed by atoms with van der Waals surface area (Å²) in [4.78, 5) is 27.9. The number of carbonyl (C=O) groups excluding carboxylic acids is 2. The van der Waals surface area contributed by atoms with E-state index in [4.69, 9.17) is 4.74 Å². The molecule has 0 heterocycles. The van der Waals surface area contributed by atoms with E-state index in [0.717, 1.165) is 15.8 Å². The molecular weight excluding hydrogens is 444 g/mol. The van der Waals surface area contributed by atoms with Gasteiger partial charge in [-0.05, 0) is 62.9 Å². The van der Waals surface area contributed by atoms with Gasteiger partial charge in [-0.3, -0.25) is 9.59 Å². The third kappa shape index (κ3) is 6.36. The molecule has 0 aliphatic rings. The lowest BCUT2D eigenvalue weighted by atomic mass is 10.0. The summed E-state index contributed by atoms with van der Waals surface area (Å²) in [6, 6.07) is 14.0. The maximum absolute atomic E-state index is 13.4. The zero-order chi connectivity index (χ0) is 22.3. The molecule has 0 fully saturated rings. The maximum Gasteiger partial charge on any atom is 0.299 e. The second-order valence-electron chi connectivity index (χ2n) is 7.82. The van der Waals surface area contributed by atoms with Crippen molar-refractivity contribution in [1.82, 2.24) is 10.2 Å². The maximum atomic E-state index is 13.4. The molecular formula is C24H27BrN2O3. The summed E-state index contributed by atoms with van der Waals surface area (Å²) in [5.41, 5.74) is 1.10. The zero-order valence-corrected chi connectivity index (χ0v) is 19.5. The van der Waals surface area contributed by atoms with Crippen LogP contribution in [-0.2, 0) is 16.1 Å². The van der Waals surface area contributed by atoms with Crippen molar-refractivity contribution in [2.45, 2.75) is 45.8 Å². The minimum Gasteiger partial charge on any atom is -0.497 e. The molecule has 0 bridgehead atoms. The Kier molecular flexibility index (Phi) is 8.08. The Labute approximate surface area is 186 Å². The number of carbonyl (C=O) groups is 2. The van der Waals surface area contributed by atoms with Crippen LogP contribution in [0.5, 0.6) is 5.75 Å². The minimum atomic E-state index is -0.852. The SMILES string of the molecule is CC#CC(=O)N(Cc1ccc(OC)cc1)C(C(=O)NC(C)(C)C)c1ccccc1Br. The van der Waals surface area contributed by atoms with E-state index in [9.17, 15) is 9.59 Å². The zero-order valence-electron chi connectivity index (χ0n) is 18.0. The van der Waals surface area contributed by atoms with Crippen molar-refractivity contribution in [2.24, 2.45) is 0 Å². The number of hydrogen-bond acceptors (Lipinski definition) is 3. The van der Waals surface area contributed by atoms with Gasteiger partial charge in [0, 0.05) is 16.6 Å². The summed E-state index contributed by atoms with van der Waals surface area (Å²) in [6.07, 6.45) is 0. The fraction of sp³-hybridized carbons (Fsp3) is 0.333. The summed E-state index contributed by atoms with van der Waals surface area (Å²) < 4.78 is 5.96. The van der Waals surface area contributed by atoms with Crippen LogP contribution in [0.25, 0.3) is 0 Å². The van der Waals surface area contributed by atoms with Gasteiger partial charge in [-0.1, -0.05) is 52.2 Å². The highest BCUT2D eigenvalue weighted by molar-refractivity contribution is 9.10. The lowest BCUT2D eigenvalue weighted by molar-refractivity contribution is -0.138. The van der Waals surface area contributed by atoms with E-state index in [1.165, 1.54) is 4.90 Å². The highest BCUT2D eigenvalue weighted by Gasteiger charge is 2.34. The molecule has 1 N–H and O–H groups in total. The second-order valence-corrected chi connectivity index (χ2v) is 8.67. The topological polar surface area (TPSA) is 58.6 Å². The minimum absolute atomic E-state index is 0.223. The molecule has 2 aromatic carbocycles. The van der Waals surface area contributed by atoms with E-state index >= 15 is 0 Å². The highest BCUT2D eigenvalue weighted by atomic mass is 79.9. The van der Waals surface area contributed by atoms with Gasteiger partial charge in [-0.15, -0.1) is 0 Å². The van der Waals surface area contributed by atoms with Gasteiger partial charge in [-0.2, -0.15) is 0 Å². The van der Waals surface area contributed by atoms with E-state index in [-0.39, 0.29) is 12.5 Å². The Morgan fingerprint density at radius 2 is 1.77 bits per heavy atom. The molecule has 6 heteroatoms. The molecule has 0 saturated carbocycles. The quantitative estimate of drug-likeness (QED) is 0.633. The van der Waals surface area contributed by atoms with Crippen molar-refractivity contribution in [2.75, 3.05) is 7.11 Å². The smallest absolute Gasteiger partial charge is 0.299 e. The first kappa shape index (κ1) is 23.5. The molecule has 0 aliphatic heterocycles. The molecule has 1 atom stereocenters. The van der Waals surface area contributed by atoms with Crippen molar-refractivity contribution in [1.29, 1.82) is 0 Å². The second kappa shape index (κ2) is 10.3. The third-order valence-electron chi connectivity index (χ3n) is 4.26. The van der Waals surface area contributed by atoms with Gasteiger partial charge in [-0.25, -0.2) is 0 Å². The summed E-state index contributed by atoms with van der Waals surface area (Å²) >= 11 is 3.54. The van der Waals surface area contributed by atoms with Crippen molar-refractivity contribution >= 4 is 27.7 Å². The van der Waals surface area contributed by atoms with Gasteiger partial charge in [0.05, 0.1) is 7.11 Å².